The molecule has 92 valence electrons. The minimum Gasteiger partial charge on any atom is -0.505 e. The summed E-state index contributed by atoms with van der Waals surface area (Å²) in [6.45, 7) is 0. The van der Waals surface area contributed by atoms with Gasteiger partial charge < -0.3 is 10.2 Å². The molecule has 0 heterocycles. The van der Waals surface area contributed by atoms with Crippen molar-refractivity contribution in [2.75, 3.05) is 0 Å². The molecule has 0 aliphatic heterocycles. The van der Waals surface area contributed by atoms with Crippen molar-refractivity contribution in [1.82, 2.24) is 0 Å². The monoisotopic (exact) mass is 266 g/mol. The van der Waals surface area contributed by atoms with Crippen LogP contribution >= 0.6 is 11.6 Å². The molecule has 2 aromatic carbocycles. The van der Waals surface area contributed by atoms with Crippen LogP contribution in [-0.4, -0.2) is 16.2 Å². The summed E-state index contributed by atoms with van der Waals surface area (Å²) in [5, 5.41) is 18.3. The summed E-state index contributed by atoms with van der Waals surface area (Å²) in [5.41, 5.74) is 0.545. The number of carbonyl (C=O) groups is 1. The minimum absolute atomic E-state index is 0.0773. The van der Waals surface area contributed by atoms with E-state index in [1.165, 1.54) is 18.2 Å². The summed E-state index contributed by atoms with van der Waals surface area (Å²) in [6, 6.07) is 8.21. The van der Waals surface area contributed by atoms with E-state index in [-0.39, 0.29) is 10.6 Å². The number of rotatable bonds is 2. The standard InChI is InChI=1S/C13H8ClFO3/c14-9-3-1-2-8(12(9)13(17)18)7-4-5-11(16)10(15)6-7/h1-6,16H,(H,17,18). The predicted octanol–water partition coefficient (Wildman–Crippen LogP) is 3.55. The molecule has 2 aromatic rings. The summed E-state index contributed by atoms with van der Waals surface area (Å²) in [6.07, 6.45) is 0. The molecule has 0 radical (unpaired) electrons. The number of aromatic carboxylic acids is 1. The van der Waals surface area contributed by atoms with E-state index in [2.05, 4.69) is 0 Å². The Labute approximate surface area is 107 Å². The SMILES string of the molecule is O=C(O)c1c(Cl)cccc1-c1ccc(O)c(F)c1. The van der Waals surface area contributed by atoms with Crippen molar-refractivity contribution in [2.24, 2.45) is 0 Å². The second-order valence-corrected chi connectivity index (χ2v) is 4.04. The lowest BCUT2D eigenvalue weighted by Crippen LogP contribution is -2.00. The Bertz CT molecular complexity index is 626. The van der Waals surface area contributed by atoms with Gasteiger partial charge in [-0.25, -0.2) is 9.18 Å². The number of phenols is 1. The quantitative estimate of drug-likeness (QED) is 0.874. The Kier molecular flexibility index (Phi) is 3.21. The summed E-state index contributed by atoms with van der Waals surface area (Å²) in [7, 11) is 0. The summed E-state index contributed by atoms with van der Waals surface area (Å²) >= 11 is 5.82. The van der Waals surface area contributed by atoms with Gasteiger partial charge in [-0.1, -0.05) is 29.8 Å². The van der Waals surface area contributed by atoms with Gasteiger partial charge in [-0.3, -0.25) is 0 Å². The van der Waals surface area contributed by atoms with Crippen LogP contribution < -0.4 is 0 Å². The molecular weight excluding hydrogens is 259 g/mol. The lowest BCUT2D eigenvalue weighted by Gasteiger charge is -2.08. The van der Waals surface area contributed by atoms with Crippen LogP contribution in [0, 0.1) is 5.82 Å². The van der Waals surface area contributed by atoms with Crippen LogP contribution in [0.25, 0.3) is 11.1 Å². The summed E-state index contributed by atoms with van der Waals surface area (Å²) in [5.74, 6) is -2.49. The number of halogens is 2. The van der Waals surface area contributed by atoms with E-state index in [0.29, 0.717) is 11.1 Å². The minimum atomic E-state index is -1.19. The van der Waals surface area contributed by atoms with E-state index in [9.17, 15) is 9.18 Å². The molecule has 18 heavy (non-hydrogen) atoms. The first-order valence-corrected chi connectivity index (χ1v) is 5.39. The largest absolute Gasteiger partial charge is 0.505 e. The Balaban J connectivity index is 2.67. The summed E-state index contributed by atoms with van der Waals surface area (Å²) < 4.78 is 13.3. The van der Waals surface area contributed by atoms with E-state index in [1.54, 1.807) is 6.07 Å². The van der Waals surface area contributed by atoms with E-state index < -0.39 is 17.5 Å². The van der Waals surface area contributed by atoms with Crippen molar-refractivity contribution in [2.45, 2.75) is 0 Å². The first-order chi connectivity index (χ1) is 8.50. The average molecular weight is 267 g/mol. The zero-order chi connectivity index (χ0) is 13.3. The number of carboxylic acids is 1. The first kappa shape index (κ1) is 12.4. The van der Waals surface area contributed by atoms with E-state index in [0.717, 1.165) is 12.1 Å². The van der Waals surface area contributed by atoms with Gasteiger partial charge in [0.2, 0.25) is 0 Å². The van der Waals surface area contributed by atoms with Crippen LogP contribution in [0.5, 0.6) is 5.75 Å². The third-order valence-electron chi connectivity index (χ3n) is 2.49. The third-order valence-corrected chi connectivity index (χ3v) is 2.80. The summed E-state index contributed by atoms with van der Waals surface area (Å²) in [4.78, 5) is 11.1. The maximum absolute atomic E-state index is 13.3. The van der Waals surface area contributed by atoms with E-state index in [1.807, 2.05) is 0 Å². The molecule has 2 rings (SSSR count). The molecular formula is C13H8ClFO3. The third kappa shape index (κ3) is 2.15. The molecule has 0 unspecified atom stereocenters. The fourth-order valence-electron chi connectivity index (χ4n) is 1.66. The van der Waals surface area contributed by atoms with Crippen molar-refractivity contribution >= 4 is 17.6 Å². The Morgan fingerprint density at radius 3 is 2.56 bits per heavy atom. The molecule has 0 saturated heterocycles. The van der Waals surface area contributed by atoms with Crippen molar-refractivity contribution in [3.63, 3.8) is 0 Å². The Morgan fingerprint density at radius 2 is 1.94 bits per heavy atom. The maximum Gasteiger partial charge on any atom is 0.337 e. The molecule has 0 fully saturated rings. The highest BCUT2D eigenvalue weighted by atomic mass is 35.5. The van der Waals surface area contributed by atoms with Gasteiger partial charge in [-0.15, -0.1) is 0 Å². The van der Waals surface area contributed by atoms with Crippen molar-refractivity contribution in [1.29, 1.82) is 0 Å². The molecule has 0 aliphatic rings. The Hall–Kier alpha value is -2.07. The van der Waals surface area contributed by atoms with Gasteiger partial charge in [0.1, 0.15) is 0 Å². The highest BCUT2D eigenvalue weighted by Crippen LogP contribution is 2.31. The van der Waals surface area contributed by atoms with Crippen LogP contribution in [0.4, 0.5) is 4.39 Å². The van der Waals surface area contributed by atoms with Gasteiger partial charge in [0.15, 0.2) is 11.6 Å². The van der Waals surface area contributed by atoms with Gasteiger partial charge in [-0.05, 0) is 29.3 Å². The first-order valence-electron chi connectivity index (χ1n) is 5.01. The molecule has 2 N–H and O–H groups in total. The molecule has 5 heteroatoms. The zero-order valence-corrected chi connectivity index (χ0v) is 9.78. The average Bonchev–Trinajstić information content (AvgIpc) is 2.32. The zero-order valence-electron chi connectivity index (χ0n) is 9.02. The molecule has 3 nitrogen and oxygen atoms in total. The number of aromatic hydroxyl groups is 1. The lowest BCUT2D eigenvalue weighted by atomic mass is 9.99. The van der Waals surface area contributed by atoms with Gasteiger partial charge in [-0.2, -0.15) is 0 Å². The van der Waals surface area contributed by atoms with Crippen molar-refractivity contribution in [3.8, 4) is 16.9 Å². The maximum atomic E-state index is 13.3. The highest BCUT2D eigenvalue weighted by molar-refractivity contribution is 6.34. The molecule has 0 spiro atoms. The van der Waals surface area contributed by atoms with Gasteiger partial charge in [0.25, 0.3) is 0 Å². The Morgan fingerprint density at radius 1 is 1.22 bits per heavy atom. The van der Waals surface area contributed by atoms with Crippen molar-refractivity contribution < 1.29 is 19.4 Å². The van der Waals surface area contributed by atoms with E-state index in [4.69, 9.17) is 21.8 Å². The molecule has 0 bridgehead atoms. The number of benzene rings is 2. The topological polar surface area (TPSA) is 57.5 Å². The van der Waals surface area contributed by atoms with Gasteiger partial charge in [0, 0.05) is 0 Å². The second-order valence-electron chi connectivity index (χ2n) is 3.63. The number of phenolic OH excluding ortho intramolecular Hbond substituents is 1. The fourth-order valence-corrected chi connectivity index (χ4v) is 1.91. The fraction of sp³-hybridized carbons (Fsp3) is 0. The van der Waals surface area contributed by atoms with Crippen LogP contribution in [0.15, 0.2) is 36.4 Å². The number of carboxylic acid groups (broad SMARTS) is 1. The van der Waals surface area contributed by atoms with Crippen LogP contribution in [0.2, 0.25) is 5.02 Å². The highest BCUT2D eigenvalue weighted by Gasteiger charge is 2.16. The normalized spacial score (nSPS) is 10.3. The molecule has 0 atom stereocenters. The molecule has 0 amide bonds. The van der Waals surface area contributed by atoms with Crippen LogP contribution in [-0.2, 0) is 0 Å². The number of hydrogen-bond acceptors (Lipinski definition) is 2. The predicted molar refractivity (Wildman–Crippen MR) is 65.5 cm³/mol. The van der Waals surface area contributed by atoms with Gasteiger partial charge in [0.05, 0.1) is 10.6 Å². The van der Waals surface area contributed by atoms with Crippen molar-refractivity contribution in [3.05, 3.63) is 52.8 Å². The van der Waals surface area contributed by atoms with E-state index >= 15 is 0 Å². The van der Waals surface area contributed by atoms with Gasteiger partial charge >= 0.3 is 5.97 Å². The smallest absolute Gasteiger partial charge is 0.337 e. The molecule has 0 aliphatic carbocycles. The lowest BCUT2D eigenvalue weighted by molar-refractivity contribution is 0.0698. The second kappa shape index (κ2) is 4.66. The van der Waals surface area contributed by atoms with Crippen LogP contribution in [0.3, 0.4) is 0 Å². The van der Waals surface area contributed by atoms with Crippen LogP contribution in [0.1, 0.15) is 10.4 Å². The number of hydrogen-bond donors (Lipinski definition) is 2. The molecule has 0 aromatic heterocycles. The molecule has 0 saturated carbocycles.